The molecule has 0 aromatic heterocycles. The Morgan fingerprint density at radius 3 is 2.81 bits per heavy atom. The van der Waals surface area contributed by atoms with Crippen molar-refractivity contribution in [3.8, 4) is 0 Å². The summed E-state index contributed by atoms with van der Waals surface area (Å²) in [4.78, 5) is 25.1. The summed E-state index contributed by atoms with van der Waals surface area (Å²) in [6, 6.07) is 2.95. The molecule has 1 heterocycles. The second kappa shape index (κ2) is 5.56. The SMILES string of the molecule is CC(C(=O)Nc1cc(F)c2c(c1)CC(C=O)C2)N1CCC1. The van der Waals surface area contributed by atoms with Crippen molar-refractivity contribution in [1.29, 1.82) is 0 Å². The van der Waals surface area contributed by atoms with Gasteiger partial charge >= 0.3 is 0 Å². The summed E-state index contributed by atoms with van der Waals surface area (Å²) in [5.74, 6) is -0.580. The first-order valence-electron chi connectivity index (χ1n) is 7.40. The zero-order valence-corrected chi connectivity index (χ0v) is 12.1. The van der Waals surface area contributed by atoms with Crippen molar-refractivity contribution in [1.82, 2.24) is 4.90 Å². The van der Waals surface area contributed by atoms with Gasteiger partial charge in [-0.1, -0.05) is 0 Å². The standard InChI is InChI=1S/C16H19FN2O2/c1-10(19-3-2-4-19)16(21)18-13-7-12-5-11(9-20)6-14(12)15(17)8-13/h7-11H,2-6H2,1H3,(H,18,21). The first-order valence-corrected chi connectivity index (χ1v) is 7.40. The van der Waals surface area contributed by atoms with Crippen LogP contribution in [-0.4, -0.2) is 36.2 Å². The Balaban J connectivity index is 1.73. The molecule has 1 N–H and O–H groups in total. The predicted octanol–water partition coefficient (Wildman–Crippen LogP) is 1.77. The Bertz CT molecular complexity index is 584. The molecule has 1 aromatic carbocycles. The fourth-order valence-electron chi connectivity index (χ4n) is 3.03. The molecule has 1 amide bonds. The fourth-order valence-corrected chi connectivity index (χ4v) is 3.03. The highest BCUT2D eigenvalue weighted by atomic mass is 19.1. The van der Waals surface area contributed by atoms with Gasteiger partial charge in [0.15, 0.2) is 0 Å². The number of nitrogens with one attached hydrogen (secondary N) is 1. The third kappa shape index (κ3) is 2.70. The largest absolute Gasteiger partial charge is 0.325 e. The van der Waals surface area contributed by atoms with E-state index in [2.05, 4.69) is 10.2 Å². The first kappa shape index (κ1) is 14.2. The number of likely N-dealkylation sites (tertiary alicyclic amines) is 1. The minimum atomic E-state index is -0.330. The molecule has 1 aromatic rings. The van der Waals surface area contributed by atoms with E-state index < -0.39 is 0 Å². The monoisotopic (exact) mass is 290 g/mol. The van der Waals surface area contributed by atoms with Crippen LogP contribution < -0.4 is 5.32 Å². The average Bonchev–Trinajstić information content (AvgIpc) is 2.80. The topological polar surface area (TPSA) is 49.4 Å². The molecule has 1 saturated heterocycles. The maximum atomic E-state index is 14.1. The van der Waals surface area contributed by atoms with E-state index in [1.807, 2.05) is 6.92 Å². The van der Waals surface area contributed by atoms with Crippen molar-refractivity contribution < 1.29 is 14.0 Å². The smallest absolute Gasteiger partial charge is 0.241 e. The number of aldehydes is 1. The van der Waals surface area contributed by atoms with Gasteiger partial charge in [-0.2, -0.15) is 0 Å². The van der Waals surface area contributed by atoms with Gasteiger partial charge in [0.1, 0.15) is 12.1 Å². The molecular weight excluding hydrogens is 271 g/mol. The van der Waals surface area contributed by atoms with Gasteiger partial charge in [0, 0.05) is 24.7 Å². The van der Waals surface area contributed by atoms with Gasteiger partial charge in [-0.3, -0.25) is 9.69 Å². The van der Waals surface area contributed by atoms with Crippen LogP contribution in [0.15, 0.2) is 12.1 Å². The number of carbonyl (C=O) groups excluding carboxylic acids is 2. The number of nitrogens with zero attached hydrogens (tertiary/aromatic N) is 1. The number of halogens is 1. The highest BCUT2D eigenvalue weighted by molar-refractivity contribution is 5.94. The van der Waals surface area contributed by atoms with Crippen molar-refractivity contribution in [2.24, 2.45) is 5.92 Å². The molecule has 0 spiro atoms. The minimum Gasteiger partial charge on any atom is -0.325 e. The van der Waals surface area contributed by atoms with Crippen LogP contribution in [0.5, 0.6) is 0 Å². The van der Waals surface area contributed by atoms with Crippen LogP contribution in [0, 0.1) is 11.7 Å². The lowest BCUT2D eigenvalue weighted by atomic mass is 10.1. The number of hydrogen-bond donors (Lipinski definition) is 1. The van der Waals surface area contributed by atoms with Crippen molar-refractivity contribution in [2.75, 3.05) is 18.4 Å². The van der Waals surface area contributed by atoms with Crippen LogP contribution in [0.1, 0.15) is 24.5 Å². The molecule has 21 heavy (non-hydrogen) atoms. The van der Waals surface area contributed by atoms with Crippen molar-refractivity contribution in [3.63, 3.8) is 0 Å². The molecule has 2 unspecified atom stereocenters. The highest BCUT2D eigenvalue weighted by Gasteiger charge is 2.27. The molecular formula is C16H19FN2O2. The van der Waals surface area contributed by atoms with Crippen molar-refractivity contribution in [3.05, 3.63) is 29.1 Å². The molecule has 3 rings (SSSR count). The maximum Gasteiger partial charge on any atom is 0.241 e. The molecule has 1 aliphatic heterocycles. The quantitative estimate of drug-likeness (QED) is 0.860. The molecule has 2 aliphatic rings. The van der Waals surface area contributed by atoms with E-state index in [4.69, 9.17) is 0 Å². The second-order valence-corrected chi connectivity index (χ2v) is 5.95. The van der Waals surface area contributed by atoms with Gasteiger partial charge in [0.25, 0.3) is 0 Å². The predicted molar refractivity (Wildman–Crippen MR) is 77.6 cm³/mol. The number of benzene rings is 1. The van der Waals surface area contributed by atoms with Gasteiger partial charge in [-0.15, -0.1) is 0 Å². The van der Waals surface area contributed by atoms with Gasteiger partial charge < -0.3 is 10.1 Å². The summed E-state index contributed by atoms with van der Waals surface area (Å²) in [5.41, 5.74) is 1.93. The Kier molecular flexibility index (Phi) is 3.76. The third-order valence-electron chi connectivity index (χ3n) is 4.51. The zero-order chi connectivity index (χ0) is 15.0. The van der Waals surface area contributed by atoms with Crippen molar-refractivity contribution >= 4 is 17.9 Å². The molecule has 1 fully saturated rings. The summed E-state index contributed by atoms with van der Waals surface area (Å²) >= 11 is 0. The van der Waals surface area contributed by atoms with Crippen LogP contribution in [0.2, 0.25) is 0 Å². The molecule has 0 radical (unpaired) electrons. The number of hydrogen-bond acceptors (Lipinski definition) is 3. The van der Waals surface area contributed by atoms with E-state index in [0.29, 0.717) is 24.1 Å². The van der Waals surface area contributed by atoms with E-state index in [1.165, 1.54) is 6.07 Å². The molecule has 2 atom stereocenters. The number of fused-ring (bicyclic) bond motifs is 1. The van der Waals surface area contributed by atoms with Gasteiger partial charge in [-0.05, 0) is 49.4 Å². The van der Waals surface area contributed by atoms with Gasteiger partial charge in [0.05, 0.1) is 6.04 Å². The number of anilines is 1. The minimum absolute atomic E-state index is 0.112. The summed E-state index contributed by atoms with van der Waals surface area (Å²) in [6.45, 7) is 3.74. The maximum absolute atomic E-state index is 14.1. The molecule has 1 aliphatic carbocycles. The molecule has 0 bridgehead atoms. The second-order valence-electron chi connectivity index (χ2n) is 5.95. The first-order chi connectivity index (χ1) is 10.1. The van der Waals surface area contributed by atoms with E-state index in [0.717, 1.165) is 31.4 Å². The van der Waals surface area contributed by atoms with Crippen molar-refractivity contribution in [2.45, 2.75) is 32.2 Å². The third-order valence-corrected chi connectivity index (χ3v) is 4.51. The van der Waals surface area contributed by atoms with E-state index in [1.54, 1.807) is 6.07 Å². The van der Waals surface area contributed by atoms with Crippen LogP contribution in [-0.2, 0) is 22.4 Å². The lowest BCUT2D eigenvalue weighted by Gasteiger charge is -2.35. The Hall–Kier alpha value is -1.75. The molecule has 112 valence electrons. The summed E-state index contributed by atoms with van der Waals surface area (Å²) in [6.07, 6.45) is 3.02. The Morgan fingerprint density at radius 1 is 1.43 bits per heavy atom. The Labute approximate surface area is 123 Å². The lowest BCUT2D eigenvalue weighted by Crippen LogP contribution is -2.49. The van der Waals surface area contributed by atoms with E-state index in [-0.39, 0.29) is 23.7 Å². The summed E-state index contributed by atoms with van der Waals surface area (Å²) < 4.78 is 14.1. The molecule has 4 nitrogen and oxygen atoms in total. The van der Waals surface area contributed by atoms with Gasteiger partial charge in [-0.25, -0.2) is 4.39 Å². The summed E-state index contributed by atoms with van der Waals surface area (Å²) in [7, 11) is 0. The molecule has 0 saturated carbocycles. The Morgan fingerprint density at radius 2 is 2.19 bits per heavy atom. The fraction of sp³-hybridized carbons (Fsp3) is 0.500. The average molecular weight is 290 g/mol. The summed E-state index contributed by atoms with van der Waals surface area (Å²) in [5, 5.41) is 2.79. The number of amides is 1. The van der Waals surface area contributed by atoms with Crippen LogP contribution >= 0.6 is 0 Å². The van der Waals surface area contributed by atoms with E-state index in [9.17, 15) is 14.0 Å². The lowest BCUT2D eigenvalue weighted by molar-refractivity contribution is -0.122. The molecule has 5 heteroatoms. The van der Waals surface area contributed by atoms with E-state index >= 15 is 0 Å². The number of rotatable bonds is 4. The van der Waals surface area contributed by atoms with Crippen LogP contribution in [0.4, 0.5) is 10.1 Å². The highest BCUT2D eigenvalue weighted by Crippen LogP contribution is 2.30. The van der Waals surface area contributed by atoms with Crippen LogP contribution in [0.25, 0.3) is 0 Å². The zero-order valence-electron chi connectivity index (χ0n) is 12.1. The van der Waals surface area contributed by atoms with Crippen LogP contribution in [0.3, 0.4) is 0 Å². The number of carbonyl (C=O) groups is 2. The van der Waals surface area contributed by atoms with Gasteiger partial charge in [0.2, 0.25) is 5.91 Å². The normalized spacial score (nSPS) is 22.3.